The highest BCUT2D eigenvalue weighted by Gasteiger charge is 2.50. The van der Waals surface area contributed by atoms with Crippen molar-refractivity contribution in [1.82, 2.24) is 20.5 Å². The first-order valence-electron chi connectivity index (χ1n) is 13.1. The minimum Gasteiger partial charge on any atom is -0.496 e. The number of nitrogens with one attached hydrogen (secondary N) is 3. The molecule has 37 heavy (non-hydrogen) atoms. The number of aromatic amines is 1. The van der Waals surface area contributed by atoms with Crippen LogP contribution in [0.1, 0.15) is 49.0 Å². The highest BCUT2D eigenvalue weighted by atomic mass is 16.5. The average Bonchev–Trinajstić information content (AvgIpc) is 3.66. The molecular weight excluding hydrogens is 476 g/mol. The zero-order valence-electron chi connectivity index (χ0n) is 21.0. The summed E-state index contributed by atoms with van der Waals surface area (Å²) in [4.78, 5) is 57.2. The summed E-state index contributed by atoms with van der Waals surface area (Å²) in [5.41, 5.74) is 1.15. The number of aromatic nitrogens is 1. The summed E-state index contributed by atoms with van der Waals surface area (Å²) < 4.78 is 5.43. The summed E-state index contributed by atoms with van der Waals surface area (Å²) in [5, 5.41) is 15.8. The number of nitrogens with zero attached hydrogens (tertiary/aromatic N) is 1. The van der Waals surface area contributed by atoms with Crippen LogP contribution in [0.25, 0.3) is 10.9 Å². The van der Waals surface area contributed by atoms with Gasteiger partial charge in [0.1, 0.15) is 17.5 Å². The van der Waals surface area contributed by atoms with Gasteiger partial charge in [0.05, 0.1) is 19.8 Å². The predicted octanol–water partition coefficient (Wildman–Crippen LogP) is 1.38. The van der Waals surface area contributed by atoms with Crippen molar-refractivity contribution in [2.24, 2.45) is 17.8 Å². The maximum atomic E-state index is 13.7. The van der Waals surface area contributed by atoms with Crippen molar-refractivity contribution in [3.05, 3.63) is 30.0 Å². The Bertz CT molecular complexity index is 1210. The van der Waals surface area contributed by atoms with E-state index in [1.165, 1.54) is 0 Å². The van der Waals surface area contributed by atoms with Crippen LogP contribution >= 0.6 is 0 Å². The molecule has 2 aliphatic heterocycles. The third kappa shape index (κ3) is 4.82. The molecule has 10 nitrogen and oxygen atoms in total. The van der Waals surface area contributed by atoms with Gasteiger partial charge in [0.15, 0.2) is 5.78 Å². The van der Waals surface area contributed by atoms with Crippen molar-refractivity contribution in [1.29, 1.82) is 0 Å². The highest BCUT2D eigenvalue weighted by Crippen LogP contribution is 2.43. The van der Waals surface area contributed by atoms with Gasteiger partial charge < -0.3 is 30.4 Å². The van der Waals surface area contributed by atoms with Crippen LogP contribution in [0.4, 0.5) is 0 Å². The number of methoxy groups -OCH3 is 1. The van der Waals surface area contributed by atoms with Crippen molar-refractivity contribution in [3.8, 4) is 5.75 Å². The molecule has 10 heteroatoms. The lowest BCUT2D eigenvalue weighted by Gasteiger charge is -2.29. The number of ether oxygens (including phenoxy) is 1. The first-order valence-corrected chi connectivity index (χ1v) is 13.1. The van der Waals surface area contributed by atoms with E-state index in [1.54, 1.807) is 18.1 Å². The quantitative estimate of drug-likeness (QED) is 0.402. The fourth-order valence-corrected chi connectivity index (χ4v) is 6.39. The predicted molar refractivity (Wildman–Crippen MR) is 135 cm³/mol. The Kier molecular flexibility index (Phi) is 7.19. The first kappa shape index (κ1) is 25.3. The van der Waals surface area contributed by atoms with E-state index in [9.17, 15) is 24.3 Å². The molecule has 5 rings (SSSR count). The molecule has 5 atom stereocenters. The van der Waals surface area contributed by atoms with E-state index < -0.39 is 12.1 Å². The van der Waals surface area contributed by atoms with Crippen molar-refractivity contribution in [2.75, 3.05) is 26.8 Å². The summed E-state index contributed by atoms with van der Waals surface area (Å²) in [6.07, 6.45) is 3.48. The minimum atomic E-state index is -0.886. The Morgan fingerprint density at radius 2 is 2.08 bits per heavy atom. The summed E-state index contributed by atoms with van der Waals surface area (Å²) >= 11 is 0. The zero-order chi connectivity index (χ0) is 26.1. The molecule has 4 N–H and O–H groups in total. The number of carbonyl (C=O) groups is 4. The van der Waals surface area contributed by atoms with Crippen LogP contribution in [-0.2, 0) is 14.4 Å². The number of Topliss-reactive ketones (excluding diaryl/α,β-unsaturated/α-hetero) is 1. The molecule has 3 amide bonds. The van der Waals surface area contributed by atoms with Gasteiger partial charge in [-0.15, -0.1) is 0 Å². The van der Waals surface area contributed by atoms with Gasteiger partial charge >= 0.3 is 0 Å². The molecule has 3 fully saturated rings. The van der Waals surface area contributed by atoms with E-state index in [2.05, 4.69) is 15.6 Å². The number of fused-ring (bicyclic) bond motifs is 2. The third-order valence-electron chi connectivity index (χ3n) is 8.24. The number of carbonyl (C=O) groups excluding carboxylic acids is 4. The molecule has 0 bridgehead atoms. The molecule has 0 radical (unpaired) electrons. The van der Waals surface area contributed by atoms with Crippen LogP contribution in [0, 0.1) is 17.8 Å². The number of aliphatic hydroxyl groups is 1. The summed E-state index contributed by atoms with van der Waals surface area (Å²) in [6, 6.07) is 5.71. The number of hydrogen-bond acceptors (Lipinski definition) is 6. The zero-order valence-corrected chi connectivity index (χ0v) is 21.0. The third-order valence-corrected chi connectivity index (χ3v) is 8.24. The van der Waals surface area contributed by atoms with Gasteiger partial charge in [-0.3, -0.25) is 19.2 Å². The Morgan fingerprint density at radius 3 is 2.81 bits per heavy atom. The summed E-state index contributed by atoms with van der Waals surface area (Å²) in [6.45, 7) is 0.696. The van der Waals surface area contributed by atoms with Crippen LogP contribution in [-0.4, -0.2) is 77.4 Å². The Balaban J connectivity index is 1.39. The number of likely N-dealkylation sites (tertiary alicyclic amines) is 1. The monoisotopic (exact) mass is 510 g/mol. The van der Waals surface area contributed by atoms with Crippen LogP contribution in [0.2, 0.25) is 0 Å². The lowest BCUT2D eigenvalue weighted by atomic mass is 9.91. The molecule has 0 unspecified atom stereocenters. The number of amides is 3. The molecule has 198 valence electrons. The van der Waals surface area contributed by atoms with Gasteiger partial charge in [0.2, 0.25) is 11.8 Å². The summed E-state index contributed by atoms with van der Waals surface area (Å²) in [7, 11) is 1.58. The fourth-order valence-electron chi connectivity index (χ4n) is 6.39. The topological polar surface area (TPSA) is 141 Å². The molecule has 1 aliphatic carbocycles. The number of aliphatic hydroxyl groups excluding tert-OH is 1. The first-order chi connectivity index (χ1) is 17.9. The van der Waals surface area contributed by atoms with Crippen molar-refractivity contribution in [2.45, 2.75) is 50.6 Å². The molecule has 1 aromatic carbocycles. The van der Waals surface area contributed by atoms with Gasteiger partial charge in [0, 0.05) is 36.3 Å². The standard InChI is InChI=1S/C27H34N4O6/c1-37-23-7-3-6-19-18(23)13-21(29-19)27(36)31-14-16-4-2-5-17(16)24(31)26(35)30-20(22(33)9-11-32)12-15-8-10-28-25(15)34/h3,6-7,13,15-17,20,24,29,32H,2,4-5,8-12,14H2,1H3,(H,28,34)(H,30,35)/t15-,16-,17-,20-,24-/m0/s1. The van der Waals surface area contributed by atoms with Gasteiger partial charge in [-0.1, -0.05) is 12.5 Å². The van der Waals surface area contributed by atoms with Crippen LogP contribution < -0.4 is 15.4 Å². The largest absolute Gasteiger partial charge is 0.496 e. The Hall–Kier alpha value is -3.40. The number of ketones is 1. The Morgan fingerprint density at radius 1 is 1.24 bits per heavy atom. The average molecular weight is 511 g/mol. The van der Waals surface area contributed by atoms with E-state index in [0.717, 1.165) is 30.2 Å². The van der Waals surface area contributed by atoms with E-state index in [1.807, 2.05) is 18.2 Å². The molecule has 1 aromatic heterocycles. The van der Waals surface area contributed by atoms with Crippen LogP contribution in [0.15, 0.2) is 24.3 Å². The lowest BCUT2D eigenvalue weighted by Crippen LogP contribution is -2.53. The van der Waals surface area contributed by atoms with Gasteiger partial charge in [-0.25, -0.2) is 0 Å². The fraction of sp³-hybridized carbons (Fsp3) is 0.556. The molecule has 0 spiro atoms. The minimum absolute atomic E-state index is 0.0197. The van der Waals surface area contributed by atoms with Gasteiger partial charge in [-0.05, 0) is 55.7 Å². The van der Waals surface area contributed by atoms with E-state index in [0.29, 0.717) is 31.0 Å². The van der Waals surface area contributed by atoms with E-state index >= 15 is 0 Å². The second-order valence-electron chi connectivity index (χ2n) is 10.4. The van der Waals surface area contributed by atoms with Crippen molar-refractivity contribution >= 4 is 34.4 Å². The number of H-pyrrole nitrogens is 1. The van der Waals surface area contributed by atoms with E-state index in [-0.39, 0.29) is 60.7 Å². The number of rotatable bonds is 9. The lowest BCUT2D eigenvalue weighted by molar-refractivity contribution is -0.132. The molecule has 2 saturated heterocycles. The van der Waals surface area contributed by atoms with Crippen LogP contribution in [0.5, 0.6) is 5.75 Å². The number of hydrogen-bond donors (Lipinski definition) is 4. The smallest absolute Gasteiger partial charge is 0.271 e. The van der Waals surface area contributed by atoms with Crippen molar-refractivity contribution < 1.29 is 29.0 Å². The molecule has 3 heterocycles. The maximum Gasteiger partial charge on any atom is 0.271 e. The molecular formula is C27H34N4O6. The molecule has 2 aromatic rings. The highest BCUT2D eigenvalue weighted by molar-refractivity contribution is 6.02. The summed E-state index contributed by atoms with van der Waals surface area (Å²) in [5.74, 6) is -0.531. The van der Waals surface area contributed by atoms with Crippen LogP contribution in [0.3, 0.4) is 0 Å². The SMILES string of the molecule is COc1cccc2[nH]c(C(=O)N3C[C@@H]4CCC[C@@H]4[C@H]3C(=O)N[C@@H](C[C@@H]3CCNC3=O)C(=O)CCO)cc12. The number of benzene rings is 1. The second-order valence-corrected chi connectivity index (χ2v) is 10.4. The maximum absolute atomic E-state index is 13.7. The normalized spacial score (nSPS) is 25.7. The van der Waals surface area contributed by atoms with Crippen molar-refractivity contribution in [3.63, 3.8) is 0 Å². The molecule has 3 aliphatic rings. The van der Waals surface area contributed by atoms with Gasteiger partial charge in [0.25, 0.3) is 5.91 Å². The van der Waals surface area contributed by atoms with Gasteiger partial charge in [-0.2, -0.15) is 0 Å². The Labute approximate surface area is 215 Å². The second kappa shape index (κ2) is 10.5. The molecule has 1 saturated carbocycles. The van der Waals surface area contributed by atoms with E-state index in [4.69, 9.17) is 4.74 Å².